The van der Waals surface area contributed by atoms with E-state index in [1.165, 1.54) is 37.7 Å². The van der Waals surface area contributed by atoms with Gasteiger partial charge in [-0.15, -0.1) is 0 Å². The van der Waals surface area contributed by atoms with Crippen LogP contribution in [0.25, 0.3) is 0 Å². The molecule has 1 aromatic rings. The highest BCUT2D eigenvalue weighted by Gasteiger charge is 2.40. The molecule has 1 N–H and O–H groups in total. The normalized spacial score (nSPS) is 29.9. The molecule has 4 unspecified atom stereocenters. The Balaban J connectivity index is 1.75. The van der Waals surface area contributed by atoms with E-state index >= 15 is 0 Å². The van der Waals surface area contributed by atoms with E-state index in [9.17, 15) is 4.39 Å². The second kappa shape index (κ2) is 6.30. The van der Waals surface area contributed by atoms with Crippen LogP contribution in [-0.4, -0.2) is 6.54 Å². The highest BCUT2D eigenvalue weighted by atomic mass is 127. The van der Waals surface area contributed by atoms with E-state index in [0.29, 0.717) is 6.04 Å². The van der Waals surface area contributed by atoms with Crippen molar-refractivity contribution in [2.24, 2.45) is 17.8 Å². The van der Waals surface area contributed by atoms with Gasteiger partial charge in [-0.3, -0.25) is 0 Å². The zero-order valence-electron chi connectivity index (χ0n) is 12.0. The Hall–Kier alpha value is -0.160. The Labute approximate surface area is 134 Å². The second-order valence-corrected chi connectivity index (χ2v) is 7.61. The molecular weight excluding hydrogens is 364 g/mol. The van der Waals surface area contributed by atoms with Crippen LogP contribution in [0.4, 0.5) is 4.39 Å². The Morgan fingerprint density at radius 2 is 2.20 bits per heavy atom. The van der Waals surface area contributed by atoms with Crippen molar-refractivity contribution in [3.63, 3.8) is 0 Å². The maximum Gasteiger partial charge on any atom is 0.124 e. The maximum absolute atomic E-state index is 13.3. The number of rotatable bonds is 5. The van der Waals surface area contributed by atoms with E-state index in [0.717, 1.165) is 27.9 Å². The van der Waals surface area contributed by atoms with Crippen LogP contribution in [0.2, 0.25) is 0 Å². The van der Waals surface area contributed by atoms with Crippen LogP contribution < -0.4 is 5.32 Å². The van der Waals surface area contributed by atoms with Gasteiger partial charge in [0.25, 0.3) is 0 Å². The van der Waals surface area contributed by atoms with Crippen molar-refractivity contribution in [1.29, 1.82) is 0 Å². The summed E-state index contributed by atoms with van der Waals surface area (Å²) < 4.78 is 14.4. The molecule has 0 spiro atoms. The Bertz CT molecular complexity index is 476. The van der Waals surface area contributed by atoms with Crippen molar-refractivity contribution in [3.8, 4) is 0 Å². The molecule has 1 nitrogen and oxygen atoms in total. The van der Waals surface area contributed by atoms with Crippen molar-refractivity contribution in [1.82, 2.24) is 5.32 Å². The number of hydrogen-bond acceptors (Lipinski definition) is 1. The van der Waals surface area contributed by atoms with Gasteiger partial charge in [-0.25, -0.2) is 4.39 Å². The molecule has 2 fully saturated rings. The predicted octanol–water partition coefficient (Wildman–Crippen LogP) is 4.91. The minimum absolute atomic E-state index is 0.131. The molecule has 3 heteroatoms. The number of halogens is 2. The van der Waals surface area contributed by atoms with Gasteiger partial charge in [0.2, 0.25) is 0 Å². The van der Waals surface area contributed by atoms with Crippen LogP contribution in [0.3, 0.4) is 0 Å². The molecule has 0 saturated heterocycles. The van der Waals surface area contributed by atoms with E-state index in [1.54, 1.807) is 12.1 Å². The minimum Gasteiger partial charge on any atom is -0.310 e. The van der Waals surface area contributed by atoms with Gasteiger partial charge in [-0.05, 0) is 90.3 Å². The summed E-state index contributed by atoms with van der Waals surface area (Å²) in [6.07, 6.45) is 7.00. The number of fused-ring (bicyclic) bond motifs is 2. The van der Waals surface area contributed by atoms with E-state index < -0.39 is 0 Å². The molecule has 0 radical (unpaired) electrons. The molecule has 2 aliphatic rings. The Morgan fingerprint density at radius 1 is 1.35 bits per heavy atom. The van der Waals surface area contributed by atoms with E-state index in [-0.39, 0.29) is 5.82 Å². The average molecular weight is 387 g/mol. The monoisotopic (exact) mass is 387 g/mol. The summed E-state index contributed by atoms with van der Waals surface area (Å²) >= 11 is 2.27. The van der Waals surface area contributed by atoms with Crippen molar-refractivity contribution in [2.45, 2.75) is 45.1 Å². The largest absolute Gasteiger partial charge is 0.310 e. The molecule has 0 amide bonds. The molecule has 0 heterocycles. The Morgan fingerprint density at radius 3 is 2.80 bits per heavy atom. The summed E-state index contributed by atoms with van der Waals surface area (Å²) in [4.78, 5) is 0. The predicted molar refractivity (Wildman–Crippen MR) is 89.1 cm³/mol. The van der Waals surface area contributed by atoms with Crippen LogP contribution in [-0.2, 0) is 0 Å². The first-order valence-electron chi connectivity index (χ1n) is 7.85. The van der Waals surface area contributed by atoms with Gasteiger partial charge in [0.05, 0.1) is 0 Å². The first-order valence-corrected chi connectivity index (χ1v) is 8.93. The first kappa shape index (κ1) is 14.8. The van der Waals surface area contributed by atoms with Gasteiger partial charge in [-0.2, -0.15) is 0 Å². The fraction of sp³-hybridized carbons (Fsp3) is 0.647. The molecule has 0 aliphatic heterocycles. The van der Waals surface area contributed by atoms with E-state index in [4.69, 9.17) is 0 Å². The van der Waals surface area contributed by atoms with Crippen molar-refractivity contribution in [3.05, 3.63) is 33.1 Å². The van der Waals surface area contributed by atoms with Gasteiger partial charge in [0.15, 0.2) is 0 Å². The molecule has 1 aromatic carbocycles. The lowest BCUT2D eigenvalue weighted by atomic mass is 9.82. The van der Waals surface area contributed by atoms with Gasteiger partial charge >= 0.3 is 0 Å². The fourth-order valence-electron chi connectivity index (χ4n) is 4.32. The lowest BCUT2D eigenvalue weighted by molar-refractivity contribution is 0.280. The summed E-state index contributed by atoms with van der Waals surface area (Å²) in [5.74, 6) is 2.70. The minimum atomic E-state index is -0.131. The topological polar surface area (TPSA) is 12.0 Å². The zero-order chi connectivity index (χ0) is 14.1. The molecule has 3 rings (SSSR count). The highest BCUT2D eigenvalue weighted by Crippen LogP contribution is 2.51. The third kappa shape index (κ3) is 3.03. The molecule has 2 bridgehead atoms. The number of nitrogens with one attached hydrogen (secondary N) is 1. The van der Waals surface area contributed by atoms with Crippen molar-refractivity contribution < 1.29 is 4.39 Å². The summed E-state index contributed by atoms with van der Waals surface area (Å²) in [6.45, 7) is 3.13. The van der Waals surface area contributed by atoms with Crippen LogP contribution in [0.1, 0.15) is 50.6 Å². The summed E-state index contributed by atoms with van der Waals surface area (Å²) in [7, 11) is 0. The van der Waals surface area contributed by atoms with Gasteiger partial charge < -0.3 is 5.32 Å². The summed E-state index contributed by atoms with van der Waals surface area (Å²) in [5.41, 5.74) is 1.27. The van der Waals surface area contributed by atoms with Gasteiger partial charge in [0, 0.05) is 9.61 Å². The second-order valence-electron chi connectivity index (χ2n) is 6.45. The smallest absolute Gasteiger partial charge is 0.124 e. The standard InChI is InChI=1S/C17H23FIN/c1-2-20-17(15-6-5-14(18)10-16(15)19)9-13-8-11-3-4-12(13)7-11/h5-6,10-13,17,20H,2-4,7-9H2,1H3. The maximum atomic E-state index is 13.3. The molecule has 20 heavy (non-hydrogen) atoms. The summed E-state index contributed by atoms with van der Waals surface area (Å²) in [5, 5.41) is 3.62. The van der Waals surface area contributed by atoms with Crippen LogP contribution in [0.5, 0.6) is 0 Å². The molecule has 110 valence electrons. The molecule has 2 saturated carbocycles. The SMILES string of the molecule is CCNC(CC1CC2CCC1C2)c1ccc(F)cc1I. The lowest BCUT2D eigenvalue weighted by Gasteiger charge is -2.28. The fourth-order valence-corrected chi connectivity index (χ4v) is 5.17. The first-order chi connectivity index (χ1) is 9.67. The van der Waals surface area contributed by atoms with Crippen LogP contribution in [0.15, 0.2) is 18.2 Å². The Kier molecular flexibility index (Phi) is 4.65. The van der Waals surface area contributed by atoms with E-state index in [2.05, 4.69) is 34.8 Å². The van der Waals surface area contributed by atoms with Crippen LogP contribution in [0, 0.1) is 27.1 Å². The van der Waals surface area contributed by atoms with E-state index in [1.807, 2.05) is 6.07 Å². The molecular formula is C17H23FIN. The van der Waals surface area contributed by atoms with Crippen molar-refractivity contribution >= 4 is 22.6 Å². The average Bonchev–Trinajstić information content (AvgIpc) is 3.00. The van der Waals surface area contributed by atoms with Crippen LogP contribution >= 0.6 is 22.6 Å². The number of hydrogen-bond donors (Lipinski definition) is 1. The number of benzene rings is 1. The molecule has 2 aliphatic carbocycles. The highest BCUT2D eigenvalue weighted by molar-refractivity contribution is 14.1. The quantitative estimate of drug-likeness (QED) is 0.709. The molecule has 4 atom stereocenters. The van der Waals surface area contributed by atoms with Gasteiger partial charge in [0.1, 0.15) is 5.82 Å². The third-order valence-corrected chi connectivity index (χ3v) is 6.15. The third-order valence-electron chi connectivity index (χ3n) is 5.21. The lowest BCUT2D eigenvalue weighted by Crippen LogP contribution is -2.26. The molecule has 0 aromatic heterocycles. The van der Waals surface area contributed by atoms with Gasteiger partial charge in [-0.1, -0.05) is 19.4 Å². The van der Waals surface area contributed by atoms with Crippen molar-refractivity contribution in [2.75, 3.05) is 6.54 Å². The zero-order valence-corrected chi connectivity index (χ0v) is 14.2. The summed E-state index contributed by atoms with van der Waals surface area (Å²) in [6, 6.07) is 5.61.